The van der Waals surface area contributed by atoms with Crippen LogP contribution >= 0.6 is 0 Å². The van der Waals surface area contributed by atoms with Crippen molar-refractivity contribution in [2.24, 2.45) is 5.92 Å². The standard InChI is InChI=1S/C14H20N2O2/c1-9-5-6-12(15)10(2)13(9)16-14(17)11-4-3-7-18-8-11/h5-6,11H,3-4,7-8,15H2,1-2H3,(H,16,17). The van der Waals surface area contributed by atoms with Gasteiger partial charge in [-0.3, -0.25) is 4.79 Å². The van der Waals surface area contributed by atoms with Crippen LogP contribution in [0.2, 0.25) is 0 Å². The van der Waals surface area contributed by atoms with Gasteiger partial charge >= 0.3 is 0 Å². The van der Waals surface area contributed by atoms with E-state index in [1.54, 1.807) is 0 Å². The number of anilines is 2. The molecule has 1 aromatic rings. The van der Waals surface area contributed by atoms with E-state index in [-0.39, 0.29) is 11.8 Å². The number of aryl methyl sites for hydroxylation is 1. The van der Waals surface area contributed by atoms with Crippen molar-refractivity contribution in [1.29, 1.82) is 0 Å². The molecule has 0 aromatic heterocycles. The summed E-state index contributed by atoms with van der Waals surface area (Å²) in [5, 5.41) is 2.99. The Morgan fingerprint density at radius 1 is 1.44 bits per heavy atom. The maximum absolute atomic E-state index is 12.2. The Morgan fingerprint density at radius 3 is 2.89 bits per heavy atom. The Kier molecular flexibility index (Phi) is 3.87. The average molecular weight is 248 g/mol. The molecule has 1 aliphatic heterocycles. The highest BCUT2D eigenvalue weighted by molar-refractivity contribution is 5.95. The normalized spacial score (nSPS) is 19.6. The summed E-state index contributed by atoms with van der Waals surface area (Å²) in [4.78, 5) is 12.2. The first-order chi connectivity index (χ1) is 8.59. The molecule has 0 spiro atoms. The van der Waals surface area contributed by atoms with E-state index in [0.29, 0.717) is 12.3 Å². The van der Waals surface area contributed by atoms with Gasteiger partial charge in [-0.15, -0.1) is 0 Å². The molecule has 4 heteroatoms. The van der Waals surface area contributed by atoms with Gasteiger partial charge in [-0.25, -0.2) is 0 Å². The summed E-state index contributed by atoms with van der Waals surface area (Å²) in [5.41, 5.74) is 9.38. The Bertz CT molecular complexity index is 451. The van der Waals surface area contributed by atoms with Crippen LogP contribution in [0.1, 0.15) is 24.0 Å². The van der Waals surface area contributed by atoms with Gasteiger partial charge < -0.3 is 15.8 Å². The first kappa shape index (κ1) is 12.9. The second-order valence-electron chi connectivity index (χ2n) is 4.88. The molecule has 3 N–H and O–H groups in total. The number of amides is 1. The maximum Gasteiger partial charge on any atom is 0.229 e. The molecule has 1 saturated heterocycles. The lowest BCUT2D eigenvalue weighted by Crippen LogP contribution is -2.30. The topological polar surface area (TPSA) is 64.3 Å². The molecule has 2 rings (SSSR count). The monoisotopic (exact) mass is 248 g/mol. The number of carbonyl (C=O) groups excluding carboxylic acids is 1. The molecule has 1 aromatic carbocycles. The second-order valence-corrected chi connectivity index (χ2v) is 4.88. The zero-order valence-electron chi connectivity index (χ0n) is 11.0. The highest BCUT2D eigenvalue weighted by Gasteiger charge is 2.22. The van der Waals surface area contributed by atoms with E-state index in [1.165, 1.54) is 0 Å². The fourth-order valence-corrected chi connectivity index (χ4v) is 2.23. The van der Waals surface area contributed by atoms with E-state index in [9.17, 15) is 4.79 Å². The largest absolute Gasteiger partial charge is 0.398 e. The molecule has 18 heavy (non-hydrogen) atoms. The third kappa shape index (κ3) is 2.64. The number of ether oxygens (including phenoxy) is 1. The van der Waals surface area contributed by atoms with Crippen molar-refractivity contribution in [3.05, 3.63) is 23.3 Å². The SMILES string of the molecule is Cc1ccc(N)c(C)c1NC(=O)C1CCCOC1. The third-order valence-corrected chi connectivity index (χ3v) is 3.49. The summed E-state index contributed by atoms with van der Waals surface area (Å²) in [5.74, 6) is -0.00881. The summed E-state index contributed by atoms with van der Waals surface area (Å²) < 4.78 is 5.34. The van der Waals surface area contributed by atoms with E-state index < -0.39 is 0 Å². The molecule has 1 fully saturated rings. The highest BCUT2D eigenvalue weighted by atomic mass is 16.5. The van der Waals surface area contributed by atoms with Crippen LogP contribution in [-0.4, -0.2) is 19.1 Å². The Labute approximate surface area is 108 Å². The average Bonchev–Trinajstić information content (AvgIpc) is 2.40. The molecule has 0 aliphatic carbocycles. The predicted molar refractivity (Wildman–Crippen MR) is 72.5 cm³/mol. The number of nitrogens with two attached hydrogens (primary N) is 1. The van der Waals surface area contributed by atoms with Crippen molar-refractivity contribution in [1.82, 2.24) is 0 Å². The minimum absolute atomic E-state index is 0.0338. The van der Waals surface area contributed by atoms with Crippen LogP contribution < -0.4 is 11.1 Å². The maximum atomic E-state index is 12.2. The van der Waals surface area contributed by atoms with E-state index in [0.717, 1.165) is 36.3 Å². The molecule has 1 atom stereocenters. The lowest BCUT2D eigenvalue weighted by atomic mass is 10.0. The fourth-order valence-electron chi connectivity index (χ4n) is 2.23. The summed E-state index contributed by atoms with van der Waals surface area (Å²) in [6, 6.07) is 3.79. The first-order valence-corrected chi connectivity index (χ1v) is 6.34. The van der Waals surface area contributed by atoms with Gasteiger partial charge in [-0.05, 0) is 43.9 Å². The van der Waals surface area contributed by atoms with E-state index in [4.69, 9.17) is 10.5 Å². The van der Waals surface area contributed by atoms with Crippen LogP contribution in [0.4, 0.5) is 11.4 Å². The number of carbonyl (C=O) groups is 1. The number of rotatable bonds is 2. The van der Waals surface area contributed by atoms with Gasteiger partial charge in [0.1, 0.15) is 0 Å². The van der Waals surface area contributed by atoms with Gasteiger partial charge in [0.2, 0.25) is 5.91 Å². The van der Waals surface area contributed by atoms with Gasteiger partial charge in [-0.1, -0.05) is 6.07 Å². The number of hydrogen-bond donors (Lipinski definition) is 2. The molecule has 0 radical (unpaired) electrons. The number of nitrogen functional groups attached to an aromatic ring is 1. The van der Waals surface area contributed by atoms with Crippen molar-refractivity contribution < 1.29 is 9.53 Å². The minimum Gasteiger partial charge on any atom is -0.398 e. The summed E-state index contributed by atoms with van der Waals surface area (Å²) in [6.07, 6.45) is 1.85. The van der Waals surface area contributed by atoms with E-state index in [1.807, 2.05) is 26.0 Å². The number of nitrogens with one attached hydrogen (secondary N) is 1. The summed E-state index contributed by atoms with van der Waals surface area (Å²) >= 11 is 0. The van der Waals surface area contributed by atoms with Gasteiger partial charge in [-0.2, -0.15) is 0 Å². The van der Waals surface area contributed by atoms with Gasteiger partial charge in [0, 0.05) is 18.0 Å². The van der Waals surface area contributed by atoms with Gasteiger partial charge in [0.25, 0.3) is 0 Å². The van der Waals surface area contributed by atoms with Crippen molar-refractivity contribution in [2.45, 2.75) is 26.7 Å². The molecule has 1 amide bonds. The third-order valence-electron chi connectivity index (χ3n) is 3.49. The van der Waals surface area contributed by atoms with Gasteiger partial charge in [0.15, 0.2) is 0 Å². The Hall–Kier alpha value is -1.55. The van der Waals surface area contributed by atoms with Crippen LogP contribution in [0.5, 0.6) is 0 Å². The van der Waals surface area contributed by atoms with Crippen LogP contribution in [0.3, 0.4) is 0 Å². The fraction of sp³-hybridized carbons (Fsp3) is 0.500. The quantitative estimate of drug-likeness (QED) is 0.789. The molecule has 1 unspecified atom stereocenters. The Morgan fingerprint density at radius 2 is 2.22 bits per heavy atom. The van der Waals surface area contributed by atoms with Crippen LogP contribution in [0, 0.1) is 19.8 Å². The molecule has 1 heterocycles. The van der Waals surface area contributed by atoms with E-state index >= 15 is 0 Å². The lowest BCUT2D eigenvalue weighted by molar-refractivity contribution is -0.123. The van der Waals surface area contributed by atoms with Crippen molar-refractivity contribution in [3.8, 4) is 0 Å². The Balaban J connectivity index is 2.13. The molecule has 1 aliphatic rings. The first-order valence-electron chi connectivity index (χ1n) is 6.34. The van der Waals surface area contributed by atoms with Crippen LogP contribution in [-0.2, 0) is 9.53 Å². The van der Waals surface area contributed by atoms with Crippen molar-refractivity contribution >= 4 is 17.3 Å². The molecule has 0 bridgehead atoms. The zero-order chi connectivity index (χ0) is 13.1. The number of benzene rings is 1. The smallest absolute Gasteiger partial charge is 0.229 e. The van der Waals surface area contributed by atoms with Gasteiger partial charge in [0.05, 0.1) is 12.5 Å². The molecule has 4 nitrogen and oxygen atoms in total. The zero-order valence-corrected chi connectivity index (χ0v) is 11.0. The summed E-state index contributed by atoms with van der Waals surface area (Å²) in [6.45, 7) is 5.18. The molecular formula is C14H20N2O2. The predicted octanol–water partition coefficient (Wildman–Crippen LogP) is 2.25. The second kappa shape index (κ2) is 5.40. The van der Waals surface area contributed by atoms with Crippen LogP contribution in [0.25, 0.3) is 0 Å². The van der Waals surface area contributed by atoms with E-state index in [2.05, 4.69) is 5.32 Å². The molecule has 0 saturated carbocycles. The number of hydrogen-bond acceptors (Lipinski definition) is 3. The lowest BCUT2D eigenvalue weighted by Gasteiger charge is -2.22. The molecule has 98 valence electrons. The minimum atomic E-state index is -0.0426. The van der Waals surface area contributed by atoms with Crippen molar-refractivity contribution in [2.75, 3.05) is 24.3 Å². The molecular weight excluding hydrogens is 228 g/mol. The van der Waals surface area contributed by atoms with Crippen molar-refractivity contribution in [3.63, 3.8) is 0 Å². The highest BCUT2D eigenvalue weighted by Crippen LogP contribution is 2.26. The van der Waals surface area contributed by atoms with Crippen LogP contribution in [0.15, 0.2) is 12.1 Å². The summed E-state index contributed by atoms with van der Waals surface area (Å²) in [7, 11) is 0.